The van der Waals surface area contributed by atoms with Crippen LogP contribution >= 0.6 is 0 Å². The van der Waals surface area contributed by atoms with E-state index >= 15 is 0 Å². The summed E-state index contributed by atoms with van der Waals surface area (Å²) >= 11 is 0. The van der Waals surface area contributed by atoms with E-state index in [4.69, 9.17) is 6.42 Å². The Morgan fingerprint density at radius 2 is 1.90 bits per heavy atom. The number of hydrogen-bond donors (Lipinski definition) is 1. The second-order valence-corrected chi connectivity index (χ2v) is 6.62. The Kier molecular flexibility index (Phi) is 14.4. The highest BCUT2D eigenvalue weighted by Crippen LogP contribution is 2.37. The summed E-state index contributed by atoms with van der Waals surface area (Å²) in [6.07, 6.45) is 19.1. The van der Waals surface area contributed by atoms with Crippen molar-refractivity contribution in [2.24, 2.45) is 0 Å². The van der Waals surface area contributed by atoms with Crippen LogP contribution in [0, 0.1) is 12.3 Å². The maximum Gasteiger partial charge on any atom is 0.0735 e. The molecule has 29 heavy (non-hydrogen) atoms. The predicted molar refractivity (Wildman–Crippen MR) is 129 cm³/mol. The number of halogens is 1. The fourth-order valence-electron chi connectivity index (χ4n) is 3.51. The number of fused-ring (bicyclic) bond motifs is 1. The second kappa shape index (κ2) is 15.6. The first-order valence-corrected chi connectivity index (χ1v) is 10.4. The maximum absolute atomic E-state index is 12.0. The van der Waals surface area contributed by atoms with Crippen LogP contribution in [0.4, 0.5) is 10.2 Å². The Bertz CT molecular complexity index is 710. The molecule has 0 aliphatic carbocycles. The van der Waals surface area contributed by atoms with E-state index in [2.05, 4.69) is 54.3 Å². The molecule has 160 valence electrons. The van der Waals surface area contributed by atoms with Crippen molar-refractivity contribution in [2.45, 2.75) is 66.3 Å². The molecule has 0 spiro atoms. The highest BCUT2D eigenvalue weighted by atomic mass is 19.2. The molecule has 3 heteroatoms. The fraction of sp³-hybridized carbons (Fsp3) is 0.462. The summed E-state index contributed by atoms with van der Waals surface area (Å²) in [5, 5.41) is 0. The van der Waals surface area contributed by atoms with Crippen molar-refractivity contribution < 1.29 is 4.48 Å². The molecule has 1 aliphatic rings. The minimum atomic E-state index is 0. The molecule has 0 amide bonds. The molecule has 0 radical (unpaired) electrons. The Balaban J connectivity index is 0.00000253. The number of rotatable bonds is 9. The predicted octanol–water partition coefficient (Wildman–Crippen LogP) is 7.11. The van der Waals surface area contributed by atoms with Crippen LogP contribution in [0.15, 0.2) is 54.1 Å². The van der Waals surface area contributed by atoms with Crippen LogP contribution in [-0.2, 0) is 0 Å². The van der Waals surface area contributed by atoms with Crippen molar-refractivity contribution >= 4 is 11.3 Å². The van der Waals surface area contributed by atoms with Gasteiger partial charge in [0.15, 0.2) is 0 Å². The van der Waals surface area contributed by atoms with Gasteiger partial charge in [-0.2, -0.15) is 5.54 Å². The van der Waals surface area contributed by atoms with E-state index in [9.17, 15) is 4.48 Å². The molecule has 0 bridgehead atoms. The van der Waals surface area contributed by atoms with Crippen molar-refractivity contribution in [3.63, 3.8) is 0 Å². The molecule has 0 saturated heterocycles. The Labute approximate surface area is 178 Å². The average molecular weight is 399 g/mol. The summed E-state index contributed by atoms with van der Waals surface area (Å²) in [6, 6.07) is 8.69. The van der Waals surface area contributed by atoms with Gasteiger partial charge in [-0.25, -0.2) is 0 Å². The standard InChI is InChI=1S/C23H29FN2.C2H6.CH4/c1-4-12-19(13-5-2)23-18-20(14-8-6-7-11-17-25-24)21-15-9-10-16-22(21)26(23)3;1-2;/h1,5,9-10,12-13,15-16,18,23,25H,6-8,11,14,17H2,2-3H3;1-2H3;1H4/b13-5-,19-12+;;. The number of likely N-dealkylation sites (N-methyl/N-ethyl adjacent to an activating group) is 1. The summed E-state index contributed by atoms with van der Waals surface area (Å²) < 4.78 is 12.0. The highest BCUT2D eigenvalue weighted by molar-refractivity contribution is 5.82. The minimum Gasteiger partial charge on any atom is -0.364 e. The number of anilines is 1. The molecule has 1 N–H and O–H groups in total. The SMILES string of the molecule is C.C#C/C=C(\C=C/C)C1C=C(CCCCCCNF)c2ccccc2N1C.CC. The molecule has 0 aromatic heterocycles. The quantitative estimate of drug-likeness (QED) is 0.206. The third-order valence-corrected chi connectivity index (χ3v) is 4.82. The average Bonchev–Trinajstić information content (AvgIpc) is 2.73. The van der Waals surface area contributed by atoms with E-state index < -0.39 is 0 Å². The number of nitrogens with zero attached hydrogens (tertiary/aromatic N) is 1. The molecule has 1 atom stereocenters. The molecule has 2 nitrogen and oxygen atoms in total. The van der Waals surface area contributed by atoms with Gasteiger partial charge in [0.1, 0.15) is 0 Å². The number of benzene rings is 1. The van der Waals surface area contributed by atoms with Gasteiger partial charge in [0.2, 0.25) is 0 Å². The number of para-hydroxylation sites is 1. The van der Waals surface area contributed by atoms with E-state index in [1.54, 1.807) is 5.54 Å². The second-order valence-electron chi connectivity index (χ2n) is 6.62. The van der Waals surface area contributed by atoms with Crippen LogP contribution in [0.1, 0.15) is 65.9 Å². The molecular weight excluding hydrogens is 359 g/mol. The Morgan fingerprint density at radius 3 is 2.55 bits per heavy atom. The van der Waals surface area contributed by atoms with Crippen molar-refractivity contribution in [2.75, 3.05) is 18.5 Å². The van der Waals surface area contributed by atoms with Crippen LogP contribution in [0.25, 0.3) is 5.57 Å². The van der Waals surface area contributed by atoms with Gasteiger partial charge in [-0.05, 0) is 49.5 Å². The Morgan fingerprint density at radius 1 is 1.21 bits per heavy atom. The lowest BCUT2D eigenvalue weighted by molar-refractivity contribution is 0.328. The number of unbranched alkanes of at least 4 members (excludes halogenated alkanes) is 3. The maximum atomic E-state index is 12.0. The lowest BCUT2D eigenvalue weighted by Gasteiger charge is -2.35. The number of hydrogen-bond acceptors (Lipinski definition) is 2. The summed E-state index contributed by atoms with van der Waals surface area (Å²) in [4.78, 5) is 2.29. The van der Waals surface area contributed by atoms with Gasteiger partial charge in [-0.3, -0.25) is 0 Å². The first-order chi connectivity index (χ1) is 13.7. The van der Waals surface area contributed by atoms with Gasteiger partial charge in [-0.15, -0.1) is 10.9 Å². The monoisotopic (exact) mass is 398 g/mol. The zero-order chi connectivity index (χ0) is 20.8. The van der Waals surface area contributed by atoms with Crippen LogP contribution in [0.3, 0.4) is 0 Å². The normalized spacial score (nSPS) is 15.6. The van der Waals surface area contributed by atoms with Crippen LogP contribution in [-0.4, -0.2) is 19.6 Å². The number of nitrogens with one attached hydrogen (secondary N) is 1. The van der Waals surface area contributed by atoms with Gasteiger partial charge < -0.3 is 4.90 Å². The molecule has 0 saturated carbocycles. The molecular formula is C26H39FN2. The number of allylic oxidation sites excluding steroid dienone is 3. The molecule has 1 aromatic rings. The smallest absolute Gasteiger partial charge is 0.0735 e. The molecule has 1 aromatic carbocycles. The van der Waals surface area contributed by atoms with Gasteiger partial charge in [0.05, 0.1) is 6.04 Å². The van der Waals surface area contributed by atoms with E-state index in [1.807, 2.05) is 32.9 Å². The largest absolute Gasteiger partial charge is 0.364 e. The van der Waals surface area contributed by atoms with Crippen molar-refractivity contribution in [3.05, 3.63) is 59.7 Å². The molecule has 1 unspecified atom stereocenters. The van der Waals surface area contributed by atoms with Crippen LogP contribution in [0.2, 0.25) is 0 Å². The Hall–Kier alpha value is -2.31. The molecule has 1 heterocycles. The summed E-state index contributed by atoms with van der Waals surface area (Å²) in [5.41, 5.74) is 6.76. The summed E-state index contributed by atoms with van der Waals surface area (Å²) in [7, 11) is 2.12. The van der Waals surface area contributed by atoms with E-state index in [-0.39, 0.29) is 13.5 Å². The molecule has 1 aliphatic heterocycles. The lowest BCUT2D eigenvalue weighted by Crippen LogP contribution is -2.34. The van der Waals surface area contributed by atoms with Crippen LogP contribution in [0.5, 0.6) is 0 Å². The van der Waals surface area contributed by atoms with Gasteiger partial charge >= 0.3 is 0 Å². The molecule has 2 rings (SSSR count). The van der Waals surface area contributed by atoms with Gasteiger partial charge in [0, 0.05) is 24.8 Å². The topological polar surface area (TPSA) is 15.3 Å². The third-order valence-electron chi connectivity index (χ3n) is 4.82. The first kappa shape index (κ1) is 26.7. The van der Waals surface area contributed by atoms with Gasteiger partial charge in [0.25, 0.3) is 0 Å². The summed E-state index contributed by atoms with van der Waals surface area (Å²) in [6.45, 7) is 6.46. The van der Waals surface area contributed by atoms with E-state index in [0.717, 1.165) is 37.7 Å². The number of terminal acetylenes is 1. The van der Waals surface area contributed by atoms with E-state index in [1.165, 1.54) is 16.8 Å². The van der Waals surface area contributed by atoms with E-state index in [0.29, 0.717) is 6.54 Å². The van der Waals surface area contributed by atoms with Crippen molar-refractivity contribution in [1.29, 1.82) is 0 Å². The molecule has 0 fully saturated rings. The van der Waals surface area contributed by atoms with Crippen molar-refractivity contribution in [3.8, 4) is 12.3 Å². The van der Waals surface area contributed by atoms with Crippen molar-refractivity contribution in [1.82, 2.24) is 5.54 Å². The first-order valence-electron chi connectivity index (χ1n) is 10.4. The fourth-order valence-corrected chi connectivity index (χ4v) is 3.51. The zero-order valence-corrected chi connectivity index (χ0v) is 17.8. The minimum absolute atomic E-state index is 0. The van der Waals surface area contributed by atoms with Gasteiger partial charge in [-0.1, -0.05) is 76.5 Å². The third kappa shape index (κ3) is 7.91. The summed E-state index contributed by atoms with van der Waals surface area (Å²) in [5.74, 6) is 2.68. The zero-order valence-electron chi connectivity index (χ0n) is 17.8. The highest BCUT2D eigenvalue weighted by Gasteiger charge is 2.24. The van der Waals surface area contributed by atoms with Crippen LogP contribution < -0.4 is 10.4 Å². The lowest BCUT2D eigenvalue weighted by atomic mass is 9.89.